The lowest BCUT2D eigenvalue weighted by atomic mass is 10.1. The Morgan fingerprint density at radius 3 is 2.88 bits per heavy atom. The number of carbonyl (C=O) groups is 1. The molecule has 1 N–H and O–H groups in total. The van der Waals surface area contributed by atoms with E-state index in [1.807, 2.05) is 42.1 Å². The highest BCUT2D eigenvalue weighted by Gasteiger charge is 2.18. The molecule has 3 rings (SSSR count). The summed E-state index contributed by atoms with van der Waals surface area (Å²) < 4.78 is 7.95. The lowest BCUT2D eigenvalue weighted by Gasteiger charge is -2.14. The van der Waals surface area contributed by atoms with E-state index in [9.17, 15) is 4.79 Å². The van der Waals surface area contributed by atoms with Crippen LogP contribution in [0.5, 0.6) is 5.75 Å². The lowest BCUT2D eigenvalue weighted by molar-refractivity contribution is 0.0777. The Kier molecular flexibility index (Phi) is 5.41. The Morgan fingerprint density at radius 1 is 1.38 bits per heavy atom. The van der Waals surface area contributed by atoms with Gasteiger partial charge in [-0.1, -0.05) is 12.1 Å². The van der Waals surface area contributed by atoms with Gasteiger partial charge in [0.2, 0.25) is 0 Å². The molecule has 136 valence electrons. The summed E-state index contributed by atoms with van der Waals surface area (Å²) >= 11 is 3.49. The van der Waals surface area contributed by atoms with Crippen LogP contribution in [-0.4, -0.2) is 44.9 Å². The summed E-state index contributed by atoms with van der Waals surface area (Å²) in [6, 6.07) is 9.29. The average molecular weight is 418 g/mol. The van der Waals surface area contributed by atoms with Gasteiger partial charge in [-0.3, -0.25) is 14.6 Å². The van der Waals surface area contributed by atoms with Crippen molar-refractivity contribution in [3.63, 3.8) is 0 Å². The Bertz CT molecular complexity index is 918. The molecule has 2 heterocycles. The molecular formula is C18H20BrN5O2. The van der Waals surface area contributed by atoms with Gasteiger partial charge in [0.1, 0.15) is 11.4 Å². The average Bonchev–Trinajstić information content (AvgIpc) is 3.28. The SMILES string of the molecule is CCn1cc(Br)c(CN(C)C(=O)c2cc(-c3cccc(OC)c3)n[nH]2)n1. The number of rotatable bonds is 6. The van der Waals surface area contributed by atoms with E-state index in [0.717, 1.165) is 28.0 Å². The summed E-state index contributed by atoms with van der Waals surface area (Å²) in [4.78, 5) is 14.3. The Hall–Kier alpha value is -2.61. The number of nitrogens with one attached hydrogen (secondary N) is 1. The van der Waals surface area contributed by atoms with E-state index in [4.69, 9.17) is 4.74 Å². The number of halogens is 1. The molecule has 1 amide bonds. The number of methoxy groups -OCH3 is 1. The minimum absolute atomic E-state index is 0.149. The molecule has 3 aromatic rings. The van der Waals surface area contributed by atoms with Gasteiger partial charge in [0.05, 0.1) is 29.5 Å². The summed E-state index contributed by atoms with van der Waals surface area (Å²) in [5.74, 6) is 0.594. The first-order valence-corrected chi connectivity index (χ1v) is 8.98. The molecule has 0 radical (unpaired) electrons. The van der Waals surface area contributed by atoms with Crippen molar-refractivity contribution in [1.29, 1.82) is 0 Å². The van der Waals surface area contributed by atoms with Crippen LogP contribution < -0.4 is 4.74 Å². The maximum Gasteiger partial charge on any atom is 0.271 e. The zero-order valence-corrected chi connectivity index (χ0v) is 16.4. The van der Waals surface area contributed by atoms with Crippen LogP contribution in [0.25, 0.3) is 11.3 Å². The minimum atomic E-state index is -0.149. The highest BCUT2D eigenvalue weighted by atomic mass is 79.9. The first kappa shape index (κ1) is 18.2. The number of aryl methyl sites for hydroxylation is 1. The molecule has 0 atom stereocenters. The molecule has 7 nitrogen and oxygen atoms in total. The number of hydrogen-bond acceptors (Lipinski definition) is 4. The maximum absolute atomic E-state index is 12.7. The van der Waals surface area contributed by atoms with Crippen molar-refractivity contribution in [2.45, 2.75) is 20.0 Å². The third-order valence-electron chi connectivity index (χ3n) is 4.02. The minimum Gasteiger partial charge on any atom is -0.497 e. The summed E-state index contributed by atoms with van der Waals surface area (Å²) in [6.45, 7) is 3.20. The first-order chi connectivity index (χ1) is 12.5. The molecule has 0 saturated carbocycles. The second-order valence-electron chi connectivity index (χ2n) is 5.84. The maximum atomic E-state index is 12.7. The van der Waals surface area contributed by atoms with Crippen LogP contribution in [0, 0.1) is 0 Å². The molecule has 1 aromatic carbocycles. The fraction of sp³-hybridized carbons (Fsp3) is 0.278. The highest BCUT2D eigenvalue weighted by Crippen LogP contribution is 2.23. The Labute approximate surface area is 160 Å². The quantitative estimate of drug-likeness (QED) is 0.666. The van der Waals surface area contributed by atoms with Crippen molar-refractivity contribution in [2.75, 3.05) is 14.2 Å². The van der Waals surface area contributed by atoms with Crippen LogP contribution in [0.4, 0.5) is 0 Å². The van der Waals surface area contributed by atoms with Gasteiger partial charge in [0.15, 0.2) is 0 Å². The predicted molar refractivity (Wildman–Crippen MR) is 102 cm³/mol. The molecule has 0 aliphatic carbocycles. The number of H-pyrrole nitrogens is 1. The van der Waals surface area contributed by atoms with Crippen molar-refractivity contribution < 1.29 is 9.53 Å². The largest absolute Gasteiger partial charge is 0.497 e. The molecule has 0 bridgehead atoms. The summed E-state index contributed by atoms with van der Waals surface area (Å²) in [5.41, 5.74) is 2.82. The van der Waals surface area contributed by atoms with E-state index in [2.05, 4.69) is 31.2 Å². The smallest absolute Gasteiger partial charge is 0.271 e. The van der Waals surface area contributed by atoms with Crippen LogP contribution in [0.3, 0.4) is 0 Å². The van der Waals surface area contributed by atoms with E-state index < -0.39 is 0 Å². The van der Waals surface area contributed by atoms with E-state index >= 15 is 0 Å². The number of amides is 1. The van der Waals surface area contributed by atoms with Gasteiger partial charge in [-0.2, -0.15) is 10.2 Å². The second-order valence-corrected chi connectivity index (χ2v) is 6.69. The van der Waals surface area contributed by atoms with Crippen LogP contribution >= 0.6 is 15.9 Å². The molecule has 0 unspecified atom stereocenters. The molecule has 0 saturated heterocycles. The van der Waals surface area contributed by atoms with E-state index in [1.165, 1.54) is 0 Å². The number of hydrogen-bond donors (Lipinski definition) is 1. The normalized spacial score (nSPS) is 10.8. The van der Waals surface area contributed by atoms with Crippen molar-refractivity contribution in [1.82, 2.24) is 24.9 Å². The fourth-order valence-electron chi connectivity index (χ4n) is 2.57. The fourth-order valence-corrected chi connectivity index (χ4v) is 3.01. The van der Waals surface area contributed by atoms with Crippen molar-refractivity contribution >= 4 is 21.8 Å². The van der Waals surface area contributed by atoms with E-state index in [1.54, 1.807) is 25.1 Å². The third kappa shape index (κ3) is 3.80. The molecule has 0 fully saturated rings. The molecule has 8 heteroatoms. The van der Waals surface area contributed by atoms with Gasteiger partial charge in [0.25, 0.3) is 5.91 Å². The van der Waals surface area contributed by atoms with Gasteiger partial charge in [0, 0.05) is 25.4 Å². The van der Waals surface area contributed by atoms with Crippen molar-refractivity contribution in [3.05, 3.63) is 52.4 Å². The zero-order chi connectivity index (χ0) is 18.7. The second kappa shape index (κ2) is 7.74. The highest BCUT2D eigenvalue weighted by molar-refractivity contribution is 9.10. The van der Waals surface area contributed by atoms with Gasteiger partial charge < -0.3 is 9.64 Å². The summed E-state index contributed by atoms with van der Waals surface area (Å²) in [7, 11) is 3.36. The topological polar surface area (TPSA) is 76.0 Å². The van der Waals surface area contributed by atoms with Crippen molar-refractivity contribution in [2.24, 2.45) is 0 Å². The van der Waals surface area contributed by atoms with Gasteiger partial charge in [-0.25, -0.2) is 0 Å². The third-order valence-corrected chi connectivity index (χ3v) is 4.68. The van der Waals surface area contributed by atoms with E-state index in [0.29, 0.717) is 17.9 Å². The molecule has 0 spiro atoms. The van der Waals surface area contributed by atoms with E-state index in [-0.39, 0.29) is 5.91 Å². The van der Waals surface area contributed by atoms with Gasteiger partial charge in [-0.15, -0.1) is 0 Å². The van der Waals surface area contributed by atoms with Crippen LogP contribution in [0.1, 0.15) is 23.1 Å². The molecule has 26 heavy (non-hydrogen) atoms. The standard InChI is InChI=1S/C18H20BrN5O2/c1-4-24-10-14(19)17(22-24)11-23(2)18(25)16-9-15(20-21-16)12-6-5-7-13(8-12)26-3/h5-10H,4,11H2,1-3H3,(H,20,21). The molecule has 0 aliphatic heterocycles. The van der Waals surface area contributed by atoms with Crippen LogP contribution in [0.15, 0.2) is 41.0 Å². The number of aromatic amines is 1. The lowest BCUT2D eigenvalue weighted by Crippen LogP contribution is -2.27. The van der Waals surface area contributed by atoms with Crippen LogP contribution in [0.2, 0.25) is 0 Å². The van der Waals surface area contributed by atoms with Crippen molar-refractivity contribution in [3.8, 4) is 17.0 Å². The number of ether oxygens (including phenoxy) is 1. The number of nitrogens with zero attached hydrogens (tertiary/aromatic N) is 4. The number of aromatic nitrogens is 4. The molecular weight excluding hydrogens is 398 g/mol. The Balaban J connectivity index is 1.75. The number of benzene rings is 1. The monoisotopic (exact) mass is 417 g/mol. The first-order valence-electron chi connectivity index (χ1n) is 8.19. The number of carbonyl (C=O) groups excluding carboxylic acids is 1. The van der Waals surface area contributed by atoms with Gasteiger partial charge in [-0.05, 0) is 41.1 Å². The summed E-state index contributed by atoms with van der Waals surface area (Å²) in [5, 5.41) is 11.5. The zero-order valence-electron chi connectivity index (χ0n) is 14.9. The predicted octanol–water partition coefficient (Wildman–Crippen LogP) is 3.34. The van der Waals surface area contributed by atoms with Crippen LogP contribution in [-0.2, 0) is 13.1 Å². The molecule has 2 aromatic heterocycles. The van der Waals surface area contributed by atoms with Gasteiger partial charge >= 0.3 is 0 Å². The molecule has 0 aliphatic rings. The Morgan fingerprint density at radius 2 is 2.19 bits per heavy atom. The summed E-state index contributed by atoms with van der Waals surface area (Å²) in [6.07, 6.45) is 1.91.